The Morgan fingerprint density at radius 3 is 3.00 bits per heavy atom. The molecule has 68 valence electrons. The minimum absolute atomic E-state index is 0.327. The van der Waals surface area contributed by atoms with E-state index in [1.807, 2.05) is 12.1 Å². The van der Waals surface area contributed by atoms with Crippen LogP contribution in [0.15, 0.2) is 18.2 Å². The molecule has 0 aliphatic heterocycles. The van der Waals surface area contributed by atoms with Crippen molar-refractivity contribution in [2.75, 3.05) is 0 Å². The first-order chi connectivity index (χ1) is 6.18. The topological polar surface area (TPSA) is 37.3 Å². The predicted molar refractivity (Wildman–Crippen MR) is 50.1 cm³/mol. The van der Waals surface area contributed by atoms with Gasteiger partial charge in [-0.25, -0.2) is 0 Å². The zero-order valence-corrected chi connectivity index (χ0v) is 7.71. The molecule has 3 heteroatoms. The van der Waals surface area contributed by atoms with Gasteiger partial charge in [-0.05, 0) is 36.1 Å². The molecule has 2 rings (SSSR count). The van der Waals surface area contributed by atoms with Gasteiger partial charge in [0.25, 0.3) is 0 Å². The summed E-state index contributed by atoms with van der Waals surface area (Å²) in [5.74, 6) is -1.06. The van der Waals surface area contributed by atoms with Crippen molar-refractivity contribution < 1.29 is 9.90 Å². The van der Waals surface area contributed by atoms with Crippen molar-refractivity contribution in [2.45, 2.75) is 18.8 Å². The van der Waals surface area contributed by atoms with E-state index in [1.54, 1.807) is 6.07 Å². The summed E-state index contributed by atoms with van der Waals surface area (Å²) >= 11 is 5.80. The maximum Gasteiger partial charge on any atom is 0.310 e. The van der Waals surface area contributed by atoms with Gasteiger partial charge >= 0.3 is 5.97 Å². The quantitative estimate of drug-likeness (QED) is 0.749. The molecule has 13 heavy (non-hydrogen) atoms. The van der Waals surface area contributed by atoms with E-state index in [-0.39, 0.29) is 5.92 Å². The Kier molecular flexibility index (Phi) is 2.00. The van der Waals surface area contributed by atoms with Crippen molar-refractivity contribution >= 4 is 17.6 Å². The molecule has 0 saturated carbocycles. The highest BCUT2D eigenvalue weighted by Gasteiger charge is 2.27. The van der Waals surface area contributed by atoms with Crippen LogP contribution in [0.4, 0.5) is 0 Å². The molecule has 1 unspecified atom stereocenters. The Labute approximate surface area is 81.1 Å². The third-order valence-electron chi connectivity index (χ3n) is 2.48. The van der Waals surface area contributed by atoms with Crippen LogP contribution in [-0.4, -0.2) is 11.1 Å². The fraction of sp³-hybridized carbons (Fsp3) is 0.300. The van der Waals surface area contributed by atoms with E-state index in [0.29, 0.717) is 11.4 Å². The van der Waals surface area contributed by atoms with Crippen LogP contribution in [0.2, 0.25) is 5.02 Å². The number of carbonyl (C=O) groups is 1. The molecular formula is C10H9ClO2. The first kappa shape index (κ1) is 8.57. The molecule has 0 saturated heterocycles. The van der Waals surface area contributed by atoms with Gasteiger partial charge < -0.3 is 5.11 Å². The predicted octanol–water partition coefficient (Wildman–Crippen LogP) is 2.45. The monoisotopic (exact) mass is 196 g/mol. The molecule has 1 aromatic rings. The summed E-state index contributed by atoms with van der Waals surface area (Å²) in [6, 6.07) is 5.44. The van der Waals surface area contributed by atoms with Crippen LogP contribution in [0.1, 0.15) is 23.5 Å². The van der Waals surface area contributed by atoms with Crippen LogP contribution in [0.3, 0.4) is 0 Å². The summed E-state index contributed by atoms with van der Waals surface area (Å²) in [6.07, 6.45) is 1.53. The summed E-state index contributed by atoms with van der Waals surface area (Å²) in [5.41, 5.74) is 2.01. The van der Waals surface area contributed by atoms with E-state index in [9.17, 15) is 4.79 Å². The maximum absolute atomic E-state index is 10.8. The van der Waals surface area contributed by atoms with E-state index in [2.05, 4.69) is 0 Å². The molecule has 0 heterocycles. The lowest BCUT2D eigenvalue weighted by atomic mass is 10.0. The molecule has 1 atom stereocenters. The molecule has 1 N–H and O–H groups in total. The molecular weight excluding hydrogens is 188 g/mol. The lowest BCUT2D eigenvalue weighted by Crippen LogP contribution is -2.07. The number of carboxylic acids is 1. The van der Waals surface area contributed by atoms with Crippen LogP contribution in [-0.2, 0) is 11.2 Å². The van der Waals surface area contributed by atoms with E-state index in [0.717, 1.165) is 17.5 Å². The van der Waals surface area contributed by atoms with Gasteiger partial charge in [-0.2, -0.15) is 0 Å². The average Bonchev–Trinajstić information content (AvgIpc) is 2.46. The zero-order chi connectivity index (χ0) is 9.42. The van der Waals surface area contributed by atoms with Crippen molar-refractivity contribution in [3.63, 3.8) is 0 Å². The van der Waals surface area contributed by atoms with Crippen molar-refractivity contribution in [3.8, 4) is 0 Å². The Balaban J connectivity index is 2.44. The maximum atomic E-state index is 10.8. The highest BCUT2D eigenvalue weighted by atomic mass is 35.5. The Hall–Kier alpha value is -1.02. The van der Waals surface area contributed by atoms with Crippen LogP contribution >= 0.6 is 11.6 Å². The number of fused-ring (bicyclic) bond motifs is 1. The highest BCUT2D eigenvalue weighted by Crippen LogP contribution is 2.34. The summed E-state index contributed by atoms with van der Waals surface area (Å²) in [5, 5.41) is 9.58. The smallest absolute Gasteiger partial charge is 0.310 e. The van der Waals surface area contributed by atoms with Gasteiger partial charge in [-0.1, -0.05) is 17.7 Å². The number of rotatable bonds is 1. The largest absolute Gasteiger partial charge is 0.481 e. The summed E-state index contributed by atoms with van der Waals surface area (Å²) in [6.45, 7) is 0. The number of aliphatic carboxylic acids is 1. The molecule has 0 aromatic heterocycles. The van der Waals surface area contributed by atoms with Gasteiger partial charge in [0.2, 0.25) is 0 Å². The standard InChI is InChI=1S/C10H9ClO2/c11-7-2-4-8-6(5-7)1-3-9(8)10(12)13/h2,4-5,9H,1,3H2,(H,12,13). The van der Waals surface area contributed by atoms with Gasteiger partial charge in [-0.15, -0.1) is 0 Å². The number of halogens is 1. The second-order valence-corrected chi connectivity index (χ2v) is 3.71. The Bertz CT molecular complexity index is 360. The third-order valence-corrected chi connectivity index (χ3v) is 2.72. The first-order valence-corrected chi connectivity index (χ1v) is 4.57. The minimum atomic E-state index is -0.735. The van der Waals surface area contributed by atoms with Crippen molar-refractivity contribution in [1.29, 1.82) is 0 Å². The van der Waals surface area contributed by atoms with Gasteiger partial charge in [-0.3, -0.25) is 4.79 Å². The molecule has 0 spiro atoms. The molecule has 0 amide bonds. The normalized spacial score (nSPS) is 19.9. The third kappa shape index (κ3) is 1.42. The van der Waals surface area contributed by atoms with E-state index < -0.39 is 5.97 Å². The second-order valence-electron chi connectivity index (χ2n) is 3.27. The van der Waals surface area contributed by atoms with Crippen molar-refractivity contribution in [1.82, 2.24) is 0 Å². The van der Waals surface area contributed by atoms with Crippen LogP contribution in [0, 0.1) is 0 Å². The SMILES string of the molecule is O=C(O)C1CCc2cc(Cl)ccc21. The summed E-state index contributed by atoms with van der Waals surface area (Å²) in [4.78, 5) is 10.8. The van der Waals surface area contributed by atoms with Crippen LogP contribution in [0.5, 0.6) is 0 Å². The lowest BCUT2D eigenvalue weighted by Gasteiger charge is -2.04. The van der Waals surface area contributed by atoms with Crippen molar-refractivity contribution in [2.24, 2.45) is 0 Å². The van der Waals surface area contributed by atoms with Gasteiger partial charge in [0.15, 0.2) is 0 Å². The lowest BCUT2D eigenvalue weighted by molar-refractivity contribution is -0.138. The van der Waals surface area contributed by atoms with E-state index >= 15 is 0 Å². The summed E-state index contributed by atoms with van der Waals surface area (Å²) < 4.78 is 0. The molecule has 2 nitrogen and oxygen atoms in total. The number of hydrogen-bond acceptors (Lipinski definition) is 1. The minimum Gasteiger partial charge on any atom is -0.481 e. The highest BCUT2D eigenvalue weighted by molar-refractivity contribution is 6.30. The molecule has 0 fully saturated rings. The number of hydrogen-bond donors (Lipinski definition) is 1. The van der Waals surface area contributed by atoms with E-state index in [4.69, 9.17) is 16.7 Å². The first-order valence-electron chi connectivity index (χ1n) is 4.19. The van der Waals surface area contributed by atoms with Gasteiger partial charge in [0.1, 0.15) is 0 Å². The van der Waals surface area contributed by atoms with Crippen molar-refractivity contribution in [3.05, 3.63) is 34.3 Å². The second kappa shape index (κ2) is 3.04. The fourth-order valence-electron chi connectivity index (χ4n) is 1.84. The van der Waals surface area contributed by atoms with Crippen LogP contribution < -0.4 is 0 Å². The molecule has 1 aliphatic carbocycles. The number of benzene rings is 1. The average molecular weight is 197 g/mol. The fourth-order valence-corrected chi connectivity index (χ4v) is 2.04. The Morgan fingerprint density at radius 2 is 2.31 bits per heavy atom. The molecule has 1 aliphatic rings. The molecule has 0 radical (unpaired) electrons. The van der Waals surface area contributed by atoms with Crippen LogP contribution in [0.25, 0.3) is 0 Å². The zero-order valence-electron chi connectivity index (χ0n) is 6.96. The molecule has 1 aromatic carbocycles. The number of carboxylic acid groups (broad SMARTS) is 1. The van der Waals surface area contributed by atoms with Gasteiger partial charge in [0.05, 0.1) is 5.92 Å². The van der Waals surface area contributed by atoms with Gasteiger partial charge in [0, 0.05) is 5.02 Å². The Morgan fingerprint density at radius 1 is 1.54 bits per heavy atom. The van der Waals surface area contributed by atoms with E-state index in [1.165, 1.54) is 0 Å². The number of aryl methyl sites for hydroxylation is 1. The summed E-state index contributed by atoms with van der Waals surface area (Å²) in [7, 11) is 0. The molecule has 0 bridgehead atoms.